The summed E-state index contributed by atoms with van der Waals surface area (Å²) in [5.74, 6) is -0.0394. The number of aryl methyl sites for hydroxylation is 1. The second-order valence-corrected chi connectivity index (χ2v) is 9.72. The quantitative estimate of drug-likeness (QED) is 0.546. The van der Waals surface area contributed by atoms with Gasteiger partial charge in [-0.25, -0.2) is 9.78 Å². The molecule has 1 aliphatic carbocycles. The maximum Gasteiger partial charge on any atom is 0.326 e. The highest BCUT2D eigenvalue weighted by Crippen LogP contribution is 2.31. The topological polar surface area (TPSA) is 102 Å². The second-order valence-electron chi connectivity index (χ2n) is 9.72. The fourth-order valence-corrected chi connectivity index (χ4v) is 4.25. The zero-order chi connectivity index (χ0) is 24.1. The number of rotatable bonds is 9. The molecule has 180 valence electrons. The highest BCUT2D eigenvalue weighted by molar-refractivity contribution is 5.85. The Morgan fingerprint density at radius 1 is 1.18 bits per heavy atom. The van der Waals surface area contributed by atoms with Crippen molar-refractivity contribution in [2.45, 2.75) is 85.0 Å². The first kappa shape index (κ1) is 25.0. The van der Waals surface area contributed by atoms with Crippen LogP contribution in [0.1, 0.15) is 76.3 Å². The summed E-state index contributed by atoms with van der Waals surface area (Å²) in [4.78, 5) is 28.9. The van der Waals surface area contributed by atoms with Gasteiger partial charge in [-0.2, -0.15) is 0 Å². The molecule has 0 aliphatic heterocycles. The van der Waals surface area contributed by atoms with Crippen LogP contribution < -0.4 is 5.32 Å². The first-order valence-corrected chi connectivity index (χ1v) is 11.9. The molecule has 7 nitrogen and oxygen atoms in total. The van der Waals surface area contributed by atoms with E-state index < -0.39 is 12.0 Å². The van der Waals surface area contributed by atoms with Crippen LogP contribution in [0.5, 0.6) is 0 Å². The van der Waals surface area contributed by atoms with Crippen LogP contribution in [0.4, 0.5) is 0 Å². The Kier molecular flexibility index (Phi) is 8.30. The lowest BCUT2D eigenvalue weighted by molar-refractivity contribution is -0.144. The third-order valence-electron chi connectivity index (χ3n) is 6.23. The molecule has 0 spiro atoms. The first-order valence-electron chi connectivity index (χ1n) is 11.9. The largest absolute Gasteiger partial charge is 0.480 e. The lowest BCUT2D eigenvalue weighted by atomic mass is 9.86. The summed E-state index contributed by atoms with van der Waals surface area (Å²) >= 11 is 0. The van der Waals surface area contributed by atoms with Gasteiger partial charge in [0.15, 0.2) is 0 Å². The zero-order valence-corrected chi connectivity index (χ0v) is 20.3. The maximum absolute atomic E-state index is 12.7. The van der Waals surface area contributed by atoms with E-state index in [1.807, 2.05) is 31.2 Å². The lowest BCUT2D eigenvalue weighted by Crippen LogP contribution is -2.47. The molecule has 1 fully saturated rings. The number of carboxylic acids is 1. The van der Waals surface area contributed by atoms with Gasteiger partial charge in [0, 0.05) is 17.4 Å². The van der Waals surface area contributed by atoms with Crippen LogP contribution in [-0.4, -0.2) is 34.1 Å². The lowest BCUT2D eigenvalue weighted by Gasteiger charge is -2.29. The Morgan fingerprint density at radius 2 is 1.88 bits per heavy atom. The van der Waals surface area contributed by atoms with Gasteiger partial charge >= 0.3 is 5.97 Å². The number of oxazole rings is 1. The molecule has 1 saturated carbocycles. The van der Waals surface area contributed by atoms with E-state index in [0.717, 1.165) is 36.3 Å². The van der Waals surface area contributed by atoms with Crippen molar-refractivity contribution in [2.24, 2.45) is 11.8 Å². The van der Waals surface area contributed by atoms with E-state index in [1.54, 1.807) is 13.8 Å². The van der Waals surface area contributed by atoms with Gasteiger partial charge in [-0.05, 0) is 44.2 Å². The van der Waals surface area contributed by atoms with Gasteiger partial charge in [0.05, 0.1) is 12.7 Å². The monoisotopic (exact) mass is 456 g/mol. The fourth-order valence-electron chi connectivity index (χ4n) is 4.25. The normalized spacial score (nSPS) is 19.6. The van der Waals surface area contributed by atoms with Crippen LogP contribution in [0.2, 0.25) is 0 Å². The van der Waals surface area contributed by atoms with E-state index in [9.17, 15) is 14.7 Å². The predicted molar refractivity (Wildman–Crippen MR) is 126 cm³/mol. The average Bonchev–Trinajstić information content (AvgIpc) is 3.20. The Hall–Kier alpha value is -2.67. The van der Waals surface area contributed by atoms with Crippen molar-refractivity contribution in [2.75, 3.05) is 0 Å². The number of nitrogens with zero attached hydrogens (tertiary/aromatic N) is 1. The Labute approximate surface area is 195 Å². The van der Waals surface area contributed by atoms with Crippen LogP contribution in [0.25, 0.3) is 11.5 Å². The molecule has 3 atom stereocenters. The third-order valence-corrected chi connectivity index (χ3v) is 6.23. The minimum atomic E-state index is -1.00. The highest BCUT2D eigenvalue weighted by Gasteiger charge is 2.32. The van der Waals surface area contributed by atoms with E-state index >= 15 is 0 Å². The van der Waals surface area contributed by atoms with E-state index in [4.69, 9.17) is 14.1 Å². The molecule has 0 bridgehead atoms. The molecule has 0 saturated heterocycles. The van der Waals surface area contributed by atoms with Crippen molar-refractivity contribution in [3.8, 4) is 11.5 Å². The van der Waals surface area contributed by atoms with E-state index in [1.165, 1.54) is 5.56 Å². The number of aromatic nitrogens is 1. The molecule has 1 unspecified atom stereocenters. The highest BCUT2D eigenvalue weighted by atomic mass is 16.5. The van der Waals surface area contributed by atoms with Crippen LogP contribution in [-0.2, 0) is 20.9 Å². The van der Waals surface area contributed by atoms with Crippen molar-refractivity contribution in [1.82, 2.24) is 10.3 Å². The number of carboxylic acid groups (broad SMARTS) is 1. The number of benzene rings is 1. The summed E-state index contributed by atoms with van der Waals surface area (Å²) in [6.45, 7) is 10.1. The van der Waals surface area contributed by atoms with Crippen molar-refractivity contribution >= 4 is 11.9 Å². The molecule has 1 aliphatic rings. The van der Waals surface area contributed by atoms with Crippen molar-refractivity contribution in [1.29, 1.82) is 0 Å². The zero-order valence-electron chi connectivity index (χ0n) is 20.3. The fraction of sp³-hybridized carbons (Fsp3) is 0.577. The molecule has 7 heteroatoms. The van der Waals surface area contributed by atoms with Crippen LogP contribution >= 0.6 is 0 Å². The SMILES string of the molecule is Cc1ccc(-c2nc(CO[C@H]3CCC[C@@H](C(=O)NC(C(=O)O)C(C)C)C3)c(C(C)C)o2)cc1. The van der Waals surface area contributed by atoms with Crippen molar-refractivity contribution < 1.29 is 23.8 Å². The average molecular weight is 457 g/mol. The van der Waals surface area contributed by atoms with Gasteiger partial charge in [-0.15, -0.1) is 0 Å². The maximum atomic E-state index is 12.7. The molecular weight excluding hydrogens is 420 g/mol. The summed E-state index contributed by atoms with van der Waals surface area (Å²) in [5, 5.41) is 12.1. The number of carbonyl (C=O) groups is 2. The molecule has 33 heavy (non-hydrogen) atoms. The number of amides is 1. The summed E-state index contributed by atoms with van der Waals surface area (Å²) < 4.78 is 12.3. The number of hydrogen-bond acceptors (Lipinski definition) is 5. The molecule has 1 aromatic heterocycles. The minimum absolute atomic E-state index is 0.0728. The summed E-state index contributed by atoms with van der Waals surface area (Å²) in [7, 11) is 0. The van der Waals surface area contributed by atoms with Crippen molar-refractivity contribution in [3.63, 3.8) is 0 Å². The van der Waals surface area contributed by atoms with Crippen molar-refractivity contribution in [3.05, 3.63) is 41.3 Å². The van der Waals surface area contributed by atoms with Gasteiger partial charge in [-0.1, -0.05) is 51.8 Å². The third kappa shape index (κ3) is 6.44. The molecule has 1 amide bonds. The molecule has 1 aromatic carbocycles. The molecule has 0 radical (unpaired) electrons. The van der Waals surface area contributed by atoms with Gasteiger partial charge < -0.3 is 19.6 Å². The summed E-state index contributed by atoms with van der Waals surface area (Å²) in [6.07, 6.45) is 2.99. The minimum Gasteiger partial charge on any atom is -0.480 e. The smallest absolute Gasteiger partial charge is 0.326 e. The van der Waals surface area contributed by atoms with E-state index in [-0.39, 0.29) is 29.8 Å². The number of aliphatic carboxylic acids is 1. The molecule has 2 aromatic rings. The Morgan fingerprint density at radius 3 is 2.48 bits per heavy atom. The summed E-state index contributed by atoms with van der Waals surface area (Å²) in [5.41, 5.74) is 2.90. The van der Waals surface area contributed by atoms with E-state index in [0.29, 0.717) is 18.9 Å². The second kappa shape index (κ2) is 11.0. The number of carbonyl (C=O) groups excluding carboxylic acids is 1. The molecular formula is C26H36N2O5. The van der Waals surface area contributed by atoms with Crippen LogP contribution in [0, 0.1) is 18.8 Å². The molecule has 2 N–H and O–H groups in total. The Balaban J connectivity index is 1.64. The molecule has 3 rings (SSSR count). The van der Waals surface area contributed by atoms with Gasteiger partial charge in [-0.3, -0.25) is 4.79 Å². The standard InChI is InChI=1S/C26H36N2O5/c1-15(2)22(26(30)31)28-24(29)19-7-6-8-20(13-19)32-14-21-23(16(3)4)33-25(27-21)18-11-9-17(5)10-12-18/h9-12,15-16,19-20,22H,6-8,13-14H2,1-5H3,(H,28,29)(H,30,31)/t19-,20+,22?/m1/s1. The van der Waals surface area contributed by atoms with E-state index in [2.05, 4.69) is 19.2 Å². The number of ether oxygens (including phenoxy) is 1. The predicted octanol–water partition coefficient (Wildman–Crippen LogP) is 5.07. The first-order chi connectivity index (χ1) is 15.7. The van der Waals surface area contributed by atoms with Crippen LogP contribution in [0.15, 0.2) is 28.7 Å². The van der Waals surface area contributed by atoms with Crippen LogP contribution in [0.3, 0.4) is 0 Å². The Bertz CT molecular complexity index is 948. The summed E-state index contributed by atoms with van der Waals surface area (Å²) in [6, 6.07) is 7.20. The van der Waals surface area contributed by atoms with Gasteiger partial charge in [0.25, 0.3) is 0 Å². The van der Waals surface area contributed by atoms with Gasteiger partial charge in [0.1, 0.15) is 17.5 Å². The molecule has 1 heterocycles. The number of hydrogen-bond donors (Lipinski definition) is 2. The van der Waals surface area contributed by atoms with Gasteiger partial charge in [0.2, 0.25) is 11.8 Å². The number of nitrogens with one attached hydrogen (secondary N) is 1.